The minimum Gasteiger partial charge on any atom is -0.341 e. The largest absolute Gasteiger partial charge is 0.341 e. The molecule has 4 nitrogen and oxygen atoms in total. The lowest BCUT2D eigenvalue weighted by Gasteiger charge is -2.35. The first-order valence-corrected chi connectivity index (χ1v) is 6.92. The Morgan fingerprint density at radius 2 is 2.18 bits per heavy atom. The molecule has 0 bridgehead atoms. The van der Waals surface area contributed by atoms with Crippen LogP contribution >= 0.6 is 0 Å². The van der Waals surface area contributed by atoms with E-state index in [1.54, 1.807) is 0 Å². The molecule has 0 spiro atoms. The lowest BCUT2D eigenvalue weighted by Crippen LogP contribution is -2.50. The van der Waals surface area contributed by atoms with Crippen molar-refractivity contribution >= 4 is 5.91 Å². The number of hydrogen-bond acceptors (Lipinski definition) is 3. The molecule has 2 aliphatic heterocycles. The van der Waals surface area contributed by atoms with Crippen molar-refractivity contribution in [3.63, 3.8) is 0 Å². The van der Waals surface area contributed by atoms with Crippen LogP contribution in [0.4, 0.5) is 0 Å². The summed E-state index contributed by atoms with van der Waals surface area (Å²) >= 11 is 0. The maximum atomic E-state index is 12.0. The van der Waals surface area contributed by atoms with E-state index in [1.807, 2.05) is 4.90 Å². The molecule has 2 heterocycles. The van der Waals surface area contributed by atoms with E-state index >= 15 is 0 Å². The maximum absolute atomic E-state index is 12.0. The molecule has 0 aromatic carbocycles. The quantitative estimate of drug-likeness (QED) is 0.766. The van der Waals surface area contributed by atoms with Gasteiger partial charge in [-0.05, 0) is 39.7 Å². The van der Waals surface area contributed by atoms with Crippen LogP contribution in [0, 0.1) is 0 Å². The molecular formula is C13H25N3O. The predicted octanol–water partition coefficient (Wildman–Crippen LogP) is 0.681. The highest BCUT2D eigenvalue weighted by atomic mass is 16.2. The molecule has 17 heavy (non-hydrogen) atoms. The zero-order valence-electron chi connectivity index (χ0n) is 11.1. The van der Waals surface area contributed by atoms with Crippen molar-refractivity contribution in [2.24, 2.45) is 0 Å². The van der Waals surface area contributed by atoms with Crippen molar-refractivity contribution in [3.8, 4) is 0 Å². The van der Waals surface area contributed by atoms with E-state index in [0.29, 0.717) is 24.5 Å². The zero-order valence-corrected chi connectivity index (χ0v) is 11.1. The fraction of sp³-hybridized carbons (Fsp3) is 0.923. The summed E-state index contributed by atoms with van der Waals surface area (Å²) in [7, 11) is 0. The topological polar surface area (TPSA) is 35.6 Å². The molecule has 0 radical (unpaired) electrons. The van der Waals surface area contributed by atoms with Gasteiger partial charge in [-0.3, -0.25) is 9.69 Å². The fourth-order valence-electron chi connectivity index (χ4n) is 2.49. The number of carbonyl (C=O) groups excluding carboxylic acids is 1. The van der Waals surface area contributed by atoms with Crippen LogP contribution in [0.1, 0.15) is 33.1 Å². The molecule has 0 aromatic heterocycles. The van der Waals surface area contributed by atoms with Gasteiger partial charge in [-0.15, -0.1) is 0 Å². The lowest BCUT2D eigenvalue weighted by atomic mass is 10.1. The van der Waals surface area contributed by atoms with Crippen molar-refractivity contribution < 1.29 is 4.79 Å². The molecule has 1 amide bonds. The van der Waals surface area contributed by atoms with Crippen molar-refractivity contribution in [1.29, 1.82) is 0 Å². The van der Waals surface area contributed by atoms with Crippen molar-refractivity contribution in [2.45, 2.75) is 45.2 Å². The Hall–Kier alpha value is -0.610. The second-order valence-corrected chi connectivity index (χ2v) is 5.55. The molecule has 2 saturated heterocycles. The molecule has 98 valence electrons. The molecular weight excluding hydrogens is 214 g/mol. The van der Waals surface area contributed by atoms with Gasteiger partial charge in [-0.2, -0.15) is 0 Å². The standard InChI is InChI=1S/C13H25N3O/c1-11(2)16(9-12-5-3-6-14-12)10-13(17)15-7-4-8-15/h11-12,14H,3-10H2,1-2H3. The Morgan fingerprint density at radius 1 is 1.41 bits per heavy atom. The van der Waals surface area contributed by atoms with Crippen LogP contribution in [-0.4, -0.2) is 60.5 Å². The van der Waals surface area contributed by atoms with Gasteiger partial charge in [0.05, 0.1) is 6.54 Å². The molecule has 1 N–H and O–H groups in total. The highest BCUT2D eigenvalue weighted by Gasteiger charge is 2.25. The first-order chi connectivity index (χ1) is 8.16. The van der Waals surface area contributed by atoms with Gasteiger partial charge in [0, 0.05) is 31.7 Å². The summed E-state index contributed by atoms with van der Waals surface area (Å²) in [6.45, 7) is 9.03. The predicted molar refractivity (Wildman–Crippen MR) is 68.9 cm³/mol. The summed E-state index contributed by atoms with van der Waals surface area (Å²) < 4.78 is 0. The molecule has 0 aliphatic carbocycles. The smallest absolute Gasteiger partial charge is 0.236 e. The fourth-order valence-corrected chi connectivity index (χ4v) is 2.49. The second kappa shape index (κ2) is 5.83. The summed E-state index contributed by atoms with van der Waals surface area (Å²) in [5, 5.41) is 3.51. The second-order valence-electron chi connectivity index (χ2n) is 5.55. The van der Waals surface area contributed by atoms with Crippen LogP contribution in [0.5, 0.6) is 0 Å². The summed E-state index contributed by atoms with van der Waals surface area (Å²) in [5.74, 6) is 0.308. The molecule has 2 rings (SSSR count). The molecule has 2 fully saturated rings. The van der Waals surface area contributed by atoms with Gasteiger partial charge in [0.1, 0.15) is 0 Å². The number of carbonyl (C=O) groups is 1. The summed E-state index contributed by atoms with van der Waals surface area (Å²) in [6.07, 6.45) is 3.70. The summed E-state index contributed by atoms with van der Waals surface area (Å²) in [4.78, 5) is 16.3. The SMILES string of the molecule is CC(C)N(CC(=O)N1CCC1)CC1CCCN1. The Morgan fingerprint density at radius 3 is 2.65 bits per heavy atom. The third-order valence-electron chi connectivity index (χ3n) is 3.89. The highest BCUT2D eigenvalue weighted by Crippen LogP contribution is 2.11. The number of nitrogens with zero attached hydrogens (tertiary/aromatic N) is 2. The number of nitrogens with one attached hydrogen (secondary N) is 1. The van der Waals surface area contributed by atoms with Crippen LogP contribution < -0.4 is 5.32 Å². The summed E-state index contributed by atoms with van der Waals surface area (Å²) in [5.41, 5.74) is 0. The molecule has 1 atom stereocenters. The van der Waals surface area contributed by atoms with Crippen LogP contribution in [0.15, 0.2) is 0 Å². The number of likely N-dealkylation sites (tertiary alicyclic amines) is 1. The van der Waals surface area contributed by atoms with E-state index in [1.165, 1.54) is 19.3 Å². The first kappa shape index (κ1) is 12.8. The van der Waals surface area contributed by atoms with Crippen molar-refractivity contribution in [3.05, 3.63) is 0 Å². The van der Waals surface area contributed by atoms with Crippen LogP contribution in [-0.2, 0) is 4.79 Å². The minimum absolute atomic E-state index is 0.308. The van der Waals surface area contributed by atoms with E-state index in [2.05, 4.69) is 24.1 Å². The maximum Gasteiger partial charge on any atom is 0.236 e. The monoisotopic (exact) mass is 239 g/mol. The number of hydrogen-bond donors (Lipinski definition) is 1. The average molecular weight is 239 g/mol. The minimum atomic E-state index is 0.308. The van der Waals surface area contributed by atoms with Crippen molar-refractivity contribution in [2.75, 3.05) is 32.7 Å². The van der Waals surface area contributed by atoms with Crippen LogP contribution in [0.3, 0.4) is 0 Å². The van der Waals surface area contributed by atoms with Gasteiger partial charge in [0.2, 0.25) is 5.91 Å². The van der Waals surface area contributed by atoms with Crippen LogP contribution in [0.2, 0.25) is 0 Å². The van der Waals surface area contributed by atoms with Crippen molar-refractivity contribution in [1.82, 2.24) is 15.1 Å². The van der Waals surface area contributed by atoms with Gasteiger partial charge in [0.15, 0.2) is 0 Å². The Kier molecular flexibility index (Phi) is 4.40. The van der Waals surface area contributed by atoms with Gasteiger partial charge < -0.3 is 10.2 Å². The molecule has 2 aliphatic rings. The Balaban J connectivity index is 1.80. The molecule has 0 saturated carbocycles. The van der Waals surface area contributed by atoms with E-state index in [4.69, 9.17) is 0 Å². The van der Waals surface area contributed by atoms with E-state index in [0.717, 1.165) is 26.2 Å². The van der Waals surface area contributed by atoms with Gasteiger partial charge in [-0.25, -0.2) is 0 Å². The first-order valence-electron chi connectivity index (χ1n) is 6.92. The van der Waals surface area contributed by atoms with E-state index < -0.39 is 0 Å². The Bertz CT molecular complexity index is 257. The molecule has 0 aromatic rings. The third-order valence-corrected chi connectivity index (χ3v) is 3.89. The zero-order chi connectivity index (χ0) is 12.3. The van der Waals surface area contributed by atoms with Gasteiger partial charge >= 0.3 is 0 Å². The third kappa shape index (κ3) is 3.42. The molecule has 4 heteroatoms. The number of rotatable bonds is 5. The average Bonchev–Trinajstić information content (AvgIpc) is 2.66. The Labute approximate surface area is 104 Å². The molecule has 1 unspecified atom stereocenters. The van der Waals surface area contributed by atoms with Gasteiger partial charge in [-0.1, -0.05) is 0 Å². The summed E-state index contributed by atoms with van der Waals surface area (Å²) in [6, 6.07) is 1.03. The van der Waals surface area contributed by atoms with Crippen LogP contribution in [0.25, 0.3) is 0 Å². The van der Waals surface area contributed by atoms with E-state index in [9.17, 15) is 4.79 Å². The van der Waals surface area contributed by atoms with Gasteiger partial charge in [0.25, 0.3) is 0 Å². The normalized spacial score (nSPS) is 24.5. The highest BCUT2D eigenvalue weighted by molar-refractivity contribution is 5.78. The lowest BCUT2D eigenvalue weighted by molar-refractivity contribution is -0.136. The number of amides is 1. The van der Waals surface area contributed by atoms with E-state index in [-0.39, 0.29) is 0 Å².